The van der Waals surface area contributed by atoms with E-state index in [1.807, 2.05) is 38.5 Å². The molecule has 7 heteroatoms. The van der Waals surface area contributed by atoms with Crippen molar-refractivity contribution in [3.8, 4) is 0 Å². The molecule has 1 aromatic heterocycles. The first-order valence-corrected chi connectivity index (χ1v) is 9.67. The van der Waals surface area contributed by atoms with Crippen LogP contribution in [-0.2, 0) is 18.3 Å². The SMILES string of the molecule is CN=C(NCC(c1ccc(F)cc1)N1CCOCC1)N(C)Cc1cccn1C. The number of nitrogens with zero attached hydrogens (tertiary/aromatic N) is 4. The highest BCUT2D eigenvalue weighted by atomic mass is 19.1. The Morgan fingerprint density at radius 3 is 2.57 bits per heavy atom. The van der Waals surface area contributed by atoms with Crippen LogP contribution in [0.15, 0.2) is 47.6 Å². The van der Waals surface area contributed by atoms with Gasteiger partial charge in [-0.3, -0.25) is 9.89 Å². The van der Waals surface area contributed by atoms with E-state index < -0.39 is 0 Å². The number of aryl methyl sites for hydroxylation is 1. The molecule has 0 radical (unpaired) electrons. The van der Waals surface area contributed by atoms with E-state index in [1.165, 1.54) is 17.8 Å². The molecule has 1 unspecified atom stereocenters. The summed E-state index contributed by atoms with van der Waals surface area (Å²) in [6.07, 6.45) is 2.04. The van der Waals surface area contributed by atoms with Crippen molar-refractivity contribution < 1.29 is 9.13 Å². The van der Waals surface area contributed by atoms with E-state index >= 15 is 0 Å². The molecule has 0 bridgehead atoms. The van der Waals surface area contributed by atoms with Gasteiger partial charge in [0, 0.05) is 52.7 Å². The number of rotatable bonds is 6. The molecule has 0 saturated carbocycles. The molecule has 1 aromatic carbocycles. The number of aromatic nitrogens is 1. The number of morpholine rings is 1. The monoisotopic (exact) mass is 387 g/mol. The first-order chi connectivity index (χ1) is 13.6. The maximum absolute atomic E-state index is 13.4. The van der Waals surface area contributed by atoms with Crippen LogP contribution in [0.1, 0.15) is 17.3 Å². The first-order valence-electron chi connectivity index (χ1n) is 9.67. The fourth-order valence-corrected chi connectivity index (χ4v) is 3.58. The van der Waals surface area contributed by atoms with E-state index in [0.29, 0.717) is 6.54 Å². The van der Waals surface area contributed by atoms with Gasteiger partial charge in [-0.15, -0.1) is 0 Å². The van der Waals surface area contributed by atoms with Gasteiger partial charge in [0.1, 0.15) is 5.82 Å². The molecule has 1 atom stereocenters. The van der Waals surface area contributed by atoms with Crippen LogP contribution in [0.5, 0.6) is 0 Å². The molecule has 2 heterocycles. The summed E-state index contributed by atoms with van der Waals surface area (Å²) in [5.41, 5.74) is 2.31. The standard InChI is InChI=1S/C21H30FN5O/c1-23-21(26(3)16-19-5-4-10-25(19)2)24-15-20(27-11-13-28-14-12-27)17-6-8-18(22)9-7-17/h4-10,20H,11-16H2,1-3H3,(H,23,24). The maximum Gasteiger partial charge on any atom is 0.193 e. The number of hydrogen-bond acceptors (Lipinski definition) is 3. The Kier molecular flexibility index (Phi) is 7.06. The number of ether oxygens (including phenoxy) is 1. The predicted octanol–water partition coefficient (Wildman–Crippen LogP) is 2.24. The highest BCUT2D eigenvalue weighted by Gasteiger charge is 2.23. The molecule has 6 nitrogen and oxygen atoms in total. The molecular formula is C21H30FN5O. The van der Waals surface area contributed by atoms with Crippen molar-refractivity contribution >= 4 is 5.96 Å². The summed E-state index contributed by atoms with van der Waals surface area (Å²) in [6, 6.07) is 11.1. The van der Waals surface area contributed by atoms with Crippen LogP contribution in [0.4, 0.5) is 4.39 Å². The third kappa shape index (κ3) is 5.11. The summed E-state index contributed by atoms with van der Waals surface area (Å²) in [6.45, 7) is 4.63. The van der Waals surface area contributed by atoms with E-state index in [4.69, 9.17) is 4.74 Å². The Labute approximate surface area is 166 Å². The number of aliphatic imine (C=N–C) groups is 1. The molecule has 28 heavy (non-hydrogen) atoms. The third-order valence-electron chi connectivity index (χ3n) is 5.22. The minimum absolute atomic E-state index is 0.129. The van der Waals surface area contributed by atoms with Crippen molar-refractivity contribution in [2.45, 2.75) is 12.6 Å². The second kappa shape index (κ2) is 9.71. The zero-order valence-electron chi connectivity index (χ0n) is 16.9. The smallest absolute Gasteiger partial charge is 0.193 e. The predicted molar refractivity (Wildman–Crippen MR) is 110 cm³/mol. The fourth-order valence-electron chi connectivity index (χ4n) is 3.58. The number of benzene rings is 1. The van der Waals surface area contributed by atoms with Gasteiger partial charge >= 0.3 is 0 Å². The summed E-state index contributed by atoms with van der Waals surface area (Å²) in [7, 11) is 5.87. The molecule has 1 aliphatic heterocycles. The van der Waals surface area contributed by atoms with Gasteiger partial charge < -0.3 is 19.5 Å². The number of halogens is 1. The van der Waals surface area contributed by atoms with Crippen LogP contribution < -0.4 is 5.32 Å². The van der Waals surface area contributed by atoms with Crippen LogP contribution in [0, 0.1) is 5.82 Å². The van der Waals surface area contributed by atoms with Crippen molar-refractivity contribution in [2.75, 3.05) is 46.9 Å². The molecule has 0 amide bonds. The zero-order valence-corrected chi connectivity index (χ0v) is 16.9. The van der Waals surface area contributed by atoms with Crippen LogP contribution in [-0.4, -0.2) is 67.3 Å². The van der Waals surface area contributed by atoms with Crippen molar-refractivity contribution in [1.82, 2.24) is 19.7 Å². The molecule has 1 fully saturated rings. The quantitative estimate of drug-likeness (QED) is 0.610. The molecule has 0 spiro atoms. The number of hydrogen-bond donors (Lipinski definition) is 1. The van der Waals surface area contributed by atoms with E-state index in [-0.39, 0.29) is 11.9 Å². The second-order valence-corrected chi connectivity index (χ2v) is 7.11. The molecule has 0 aliphatic carbocycles. The van der Waals surface area contributed by atoms with Crippen molar-refractivity contribution in [1.29, 1.82) is 0 Å². The molecular weight excluding hydrogens is 357 g/mol. The highest BCUT2D eigenvalue weighted by Crippen LogP contribution is 2.22. The minimum atomic E-state index is -0.212. The lowest BCUT2D eigenvalue weighted by atomic mass is 10.0. The Balaban J connectivity index is 1.68. The normalized spacial score (nSPS) is 16.8. The summed E-state index contributed by atoms with van der Waals surface area (Å²) in [4.78, 5) is 8.93. The second-order valence-electron chi connectivity index (χ2n) is 7.11. The summed E-state index contributed by atoms with van der Waals surface area (Å²) >= 11 is 0. The summed E-state index contributed by atoms with van der Waals surface area (Å²) in [5, 5.41) is 3.50. The van der Waals surface area contributed by atoms with Crippen LogP contribution in [0.3, 0.4) is 0 Å². The summed E-state index contributed by atoms with van der Waals surface area (Å²) < 4.78 is 21.0. The van der Waals surface area contributed by atoms with E-state index in [9.17, 15) is 4.39 Å². The largest absolute Gasteiger partial charge is 0.379 e. The lowest BCUT2D eigenvalue weighted by Gasteiger charge is -2.35. The van der Waals surface area contributed by atoms with E-state index in [1.54, 1.807) is 7.05 Å². The molecule has 2 aromatic rings. The Morgan fingerprint density at radius 1 is 1.25 bits per heavy atom. The fraction of sp³-hybridized carbons (Fsp3) is 0.476. The van der Waals surface area contributed by atoms with Crippen LogP contribution in [0.2, 0.25) is 0 Å². The van der Waals surface area contributed by atoms with Crippen LogP contribution in [0.25, 0.3) is 0 Å². The van der Waals surface area contributed by atoms with Crippen LogP contribution >= 0.6 is 0 Å². The van der Waals surface area contributed by atoms with Gasteiger partial charge in [0.15, 0.2) is 5.96 Å². The van der Waals surface area contributed by atoms with Gasteiger partial charge in [-0.05, 0) is 29.8 Å². The Morgan fingerprint density at radius 2 is 1.96 bits per heavy atom. The van der Waals surface area contributed by atoms with Gasteiger partial charge in [-0.25, -0.2) is 4.39 Å². The first kappa shape index (κ1) is 20.4. The van der Waals surface area contributed by atoms with E-state index in [2.05, 4.69) is 30.7 Å². The lowest BCUT2D eigenvalue weighted by molar-refractivity contribution is 0.0169. The van der Waals surface area contributed by atoms with Gasteiger partial charge in [-0.2, -0.15) is 0 Å². The number of guanidine groups is 1. The van der Waals surface area contributed by atoms with Gasteiger partial charge in [0.25, 0.3) is 0 Å². The zero-order chi connectivity index (χ0) is 19.9. The van der Waals surface area contributed by atoms with Crippen molar-refractivity contribution in [2.24, 2.45) is 12.0 Å². The van der Waals surface area contributed by atoms with Gasteiger partial charge in [0.2, 0.25) is 0 Å². The molecule has 1 aliphatic rings. The molecule has 1 saturated heterocycles. The lowest BCUT2D eigenvalue weighted by Crippen LogP contribution is -2.46. The number of nitrogens with one attached hydrogen (secondary N) is 1. The Hall–Kier alpha value is -2.38. The van der Waals surface area contributed by atoms with Crippen molar-refractivity contribution in [3.63, 3.8) is 0 Å². The van der Waals surface area contributed by atoms with Crippen molar-refractivity contribution in [3.05, 3.63) is 59.7 Å². The Bertz CT molecular complexity index is 767. The minimum Gasteiger partial charge on any atom is -0.379 e. The highest BCUT2D eigenvalue weighted by molar-refractivity contribution is 5.79. The average molecular weight is 388 g/mol. The summed E-state index contributed by atoms with van der Waals surface area (Å²) in [5.74, 6) is 0.622. The molecule has 1 N–H and O–H groups in total. The van der Waals surface area contributed by atoms with Gasteiger partial charge in [0.05, 0.1) is 25.8 Å². The molecule has 3 rings (SSSR count). The maximum atomic E-state index is 13.4. The van der Waals surface area contributed by atoms with E-state index in [0.717, 1.165) is 44.4 Å². The molecule has 152 valence electrons. The third-order valence-corrected chi connectivity index (χ3v) is 5.22. The topological polar surface area (TPSA) is 45.0 Å². The average Bonchev–Trinajstić information content (AvgIpc) is 3.11. The van der Waals surface area contributed by atoms with Gasteiger partial charge in [-0.1, -0.05) is 12.1 Å².